The molecular formula is C18H24N4O. The van der Waals surface area contributed by atoms with Gasteiger partial charge in [0, 0.05) is 30.0 Å². The van der Waals surface area contributed by atoms with Crippen molar-refractivity contribution in [2.24, 2.45) is 7.05 Å². The Morgan fingerprint density at radius 3 is 2.61 bits per heavy atom. The molecule has 1 aromatic heterocycles. The summed E-state index contributed by atoms with van der Waals surface area (Å²) in [6.45, 7) is 8.26. The van der Waals surface area contributed by atoms with E-state index in [2.05, 4.69) is 31.2 Å². The molecule has 2 heterocycles. The fraction of sp³-hybridized carbons (Fsp3) is 0.444. The van der Waals surface area contributed by atoms with Crippen molar-refractivity contribution in [2.45, 2.75) is 46.3 Å². The summed E-state index contributed by atoms with van der Waals surface area (Å²) in [5, 5.41) is 8.08. The first-order chi connectivity index (χ1) is 11.0. The van der Waals surface area contributed by atoms with Gasteiger partial charge in [-0.1, -0.05) is 19.1 Å². The number of anilines is 1. The minimum absolute atomic E-state index is 0.0846. The average Bonchev–Trinajstić information content (AvgIpc) is 2.79. The minimum atomic E-state index is -0.180. The van der Waals surface area contributed by atoms with Crippen LogP contribution in [-0.4, -0.2) is 26.6 Å². The molecule has 23 heavy (non-hydrogen) atoms. The molecule has 0 fully saturated rings. The molecule has 5 heteroatoms. The molecule has 0 saturated carbocycles. The van der Waals surface area contributed by atoms with Crippen molar-refractivity contribution in [3.63, 3.8) is 0 Å². The summed E-state index contributed by atoms with van der Waals surface area (Å²) in [7, 11) is 1.94. The maximum atomic E-state index is 13.1. The molecule has 122 valence electrons. The van der Waals surface area contributed by atoms with Crippen LogP contribution in [0.3, 0.4) is 0 Å². The van der Waals surface area contributed by atoms with Crippen LogP contribution in [0.2, 0.25) is 0 Å². The molecule has 2 aromatic rings. The highest BCUT2D eigenvalue weighted by Crippen LogP contribution is 2.37. The van der Waals surface area contributed by atoms with Gasteiger partial charge in [-0.2, -0.15) is 5.10 Å². The molecule has 0 bridgehead atoms. The smallest absolute Gasteiger partial charge is 0.258 e. The Labute approximate surface area is 137 Å². The van der Waals surface area contributed by atoms with E-state index in [-0.39, 0.29) is 18.1 Å². The molecule has 0 spiro atoms. The van der Waals surface area contributed by atoms with Crippen molar-refractivity contribution >= 4 is 11.6 Å². The van der Waals surface area contributed by atoms with Crippen LogP contribution in [0.15, 0.2) is 24.3 Å². The summed E-state index contributed by atoms with van der Waals surface area (Å²) in [4.78, 5) is 15.0. The zero-order valence-electron chi connectivity index (χ0n) is 14.4. The zero-order valence-corrected chi connectivity index (χ0v) is 14.4. The number of para-hydroxylation sites is 1. The topological polar surface area (TPSA) is 50.2 Å². The Kier molecular flexibility index (Phi) is 3.88. The molecule has 0 radical (unpaired) electrons. The fourth-order valence-electron chi connectivity index (χ4n) is 3.32. The number of nitrogens with zero attached hydrogens (tertiary/aromatic N) is 3. The molecule has 0 saturated heterocycles. The van der Waals surface area contributed by atoms with Gasteiger partial charge in [-0.05, 0) is 39.3 Å². The summed E-state index contributed by atoms with van der Waals surface area (Å²) >= 11 is 0. The van der Waals surface area contributed by atoms with Crippen LogP contribution in [0.4, 0.5) is 5.69 Å². The third kappa shape index (κ3) is 2.40. The second-order valence-electron chi connectivity index (χ2n) is 6.27. The van der Waals surface area contributed by atoms with E-state index in [9.17, 15) is 4.79 Å². The molecule has 0 aliphatic carbocycles. The molecule has 0 unspecified atom stereocenters. The van der Waals surface area contributed by atoms with Crippen molar-refractivity contribution < 1.29 is 4.79 Å². The van der Waals surface area contributed by atoms with Crippen molar-refractivity contribution in [3.8, 4) is 0 Å². The van der Waals surface area contributed by atoms with E-state index in [4.69, 9.17) is 0 Å². The number of carbonyl (C=O) groups excluding carboxylic acids is 1. The number of amides is 1. The highest BCUT2D eigenvalue weighted by Gasteiger charge is 2.37. The van der Waals surface area contributed by atoms with E-state index in [1.165, 1.54) is 0 Å². The van der Waals surface area contributed by atoms with Crippen LogP contribution in [0.1, 0.15) is 53.7 Å². The van der Waals surface area contributed by atoms with Crippen LogP contribution < -0.4 is 5.32 Å². The first-order valence-electron chi connectivity index (χ1n) is 8.14. The molecule has 5 nitrogen and oxygen atoms in total. The molecule has 1 N–H and O–H groups in total. The van der Waals surface area contributed by atoms with Gasteiger partial charge in [-0.25, -0.2) is 0 Å². The van der Waals surface area contributed by atoms with Gasteiger partial charge < -0.3 is 10.2 Å². The summed E-state index contributed by atoms with van der Waals surface area (Å²) in [5.74, 6) is 0.0846. The number of rotatable bonds is 3. The molecule has 2 atom stereocenters. The van der Waals surface area contributed by atoms with Gasteiger partial charge in [-0.15, -0.1) is 0 Å². The predicted molar refractivity (Wildman–Crippen MR) is 91.4 cm³/mol. The number of fused-ring (bicyclic) bond motifs is 1. The van der Waals surface area contributed by atoms with Crippen LogP contribution in [0, 0.1) is 13.8 Å². The van der Waals surface area contributed by atoms with Gasteiger partial charge in [0.15, 0.2) is 0 Å². The van der Waals surface area contributed by atoms with Crippen molar-refractivity contribution in [1.82, 2.24) is 14.7 Å². The first kappa shape index (κ1) is 15.6. The van der Waals surface area contributed by atoms with Crippen LogP contribution in [0.25, 0.3) is 0 Å². The lowest BCUT2D eigenvalue weighted by atomic mass is 10.00. The van der Waals surface area contributed by atoms with Crippen molar-refractivity contribution in [1.29, 1.82) is 0 Å². The van der Waals surface area contributed by atoms with Crippen LogP contribution in [0.5, 0.6) is 0 Å². The van der Waals surface area contributed by atoms with E-state index < -0.39 is 0 Å². The number of nitrogens with one attached hydrogen (secondary N) is 1. The van der Waals surface area contributed by atoms with E-state index >= 15 is 0 Å². The first-order valence-corrected chi connectivity index (χ1v) is 8.14. The molecule has 1 aliphatic heterocycles. The van der Waals surface area contributed by atoms with Crippen molar-refractivity contribution in [2.75, 3.05) is 5.32 Å². The van der Waals surface area contributed by atoms with E-state index in [1.807, 2.05) is 47.8 Å². The lowest BCUT2D eigenvalue weighted by molar-refractivity contribution is 0.0592. The minimum Gasteiger partial charge on any atom is -0.361 e. The second-order valence-corrected chi connectivity index (χ2v) is 6.27. The Morgan fingerprint density at radius 2 is 2.00 bits per heavy atom. The molecule has 1 amide bonds. The van der Waals surface area contributed by atoms with Gasteiger partial charge in [0.2, 0.25) is 0 Å². The predicted octanol–water partition coefficient (Wildman–Crippen LogP) is 3.40. The molecular weight excluding hydrogens is 288 g/mol. The standard InChI is InChI=1S/C18H24N4O/c1-6-11(2)22-17(16-12(3)20-21(5)13(16)4)19-15-10-8-7-9-14(15)18(22)23/h7-11,17,19H,6H2,1-5H3/t11-,17+/m1/s1. The number of aryl methyl sites for hydroxylation is 2. The number of hydrogen-bond acceptors (Lipinski definition) is 3. The third-order valence-electron chi connectivity index (χ3n) is 4.87. The van der Waals surface area contributed by atoms with E-state index in [1.54, 1.807) is 0 Å². The monoisotopic (exact) mass is 312 g/mol. The highest BCUT2D eigenvalue weighted by molar-refractivity contribution is 6.01. The lowest BCUT2D eigenvalue weighted by Gasteiger charge is -2.41. The molecule has 3 rings (SSSR count). The number of carbonyl (C=O) groups is 1. The maximum Gasteiger partial charge on any atom is 0.258 e. The fourth-order valence-corrected chi connectivity index (χ4v) is 3.32. The zero-order chi connectivity index (χ0) is 16.7. The lowest BCUT2D eigenvalue weighted by Crippen LogP contribution is -2.47. The Morgan fingerprint density at radius 1 is 1.30 bits per heavy atom. The summed E-state index contributed by atoms with van der Waals surface area (Å²) in [6.07, 6.45) is 0.728. The number of benzene rings is 1. The van der Waals surface area contributed by atoms with Gasteiger partial charge in [0.05, 0.1) is 11.3 Å². The van der Waals surface area contributed by atoms with Crippen molar-refractivity contribution in [3.05, 3.63) is 46.8 Å². The second kappa shape index (κ2) is 5.72. The van der Waals surface area contributed by atoms with Gasteiger partial charge in [0.1, 0.15) is 6.17 Å². The van der Waals surface area contributed by atoms with Gasteiger partial charge in [0.25, 0.3) is 5.91 Å². The van der Waals surface area contributed by atoms with E-state index in [0.29, 0.717) is 0 Å². The Balaban J connectivity index is 2.15. The van der Waals surface area contributed by atoms with Crippen LogP contribution >= 0.6 is 0 Å². The normalized spacial score (nSPS) is 18.6. The SMILES string of the molecule is CC[C@@H](C)N1C(=O)c2ccccc2N[C@@H]1c1c(C)nn(C)c1C. The maximum absolute atomic E-state index is 13.1. The molecule has 1 aromatic carbocycles. The number of aromatic nitrogens is 2. The summed E-state index contributed by atoms with van der Waals surface area (Å²) in [6, 6.07) is 7.87. The highest BCUT2D eigenvalue weighted by atomic mass is 16.2. The third-order valence-corrected chi connectivity index (χ3v) is 4.87. The van der Waals surface area contributed by atoms with Gasteiger partial charge >= 0.3 is 0 Å². The average molecular weight is 312 g/mol. The van der Waals surface area contributed by atoms with Gasteiger partial charge in [-0.3, -0.25) is 9.48 Å². The largest absolute Gasteiger partial charge is 0.361 e. The Hall–Kier alpha value is -2.30. The summed E-state index contributed by atoms with van der Waals surface area (Å²) < 4.78 is 1.88. The van der Waals surface area contributed by atoms with Crippen LogP contribution in [-0.2, 0) is 7.05 Å². The number of hydrogen-bond donors (Lipinski definition) is 1. The molecule has 1 aliphatic rings. The Bertz CT molecular complexity index is 749. The van der Waals surface area contributed by atoms with E-state index in [0.717, 1.165) is 34.6 Å². The quantitative estimate of drug-likeness (QED) is 0.945. The summed E-state index contributed by atoms with van der Waals surface area (Å²) in [5.41, 5.74) is 4.77.